The average Bonchev–Trinajstić information content (AvgIpc) is 2.04. The van der Waals surface area contributed by atoms with Crippen LogP contribution in [0.25, 0.3) is 0 Å². The van der Waals surface area contributed by atoms with Crippen LogP contribution in [0, 0.1) is 0 Å². The van der Waals surface area contributed by atoms with Crippen LogP contribution >= 0.6 is 0 Å². The monoisotopic (exact) mass is 170 g/mol. The predicted octanol–water partition coefficient (Wildman–Crippen LogP) is 1.69. The molecule has 0 amide bonds. The van der Waals surface area contributed by atoms with E-state index in [2.05, 4.69) is 13.2 Å². The van der Waals surface area contributed by atoms with Crippen LogP contribution in [0.15, 0.2) is 36.4 Å². The van der Waals surface area contributed by atoms with Gasteiger partial charge in [0.15, 0.2) is 0 Å². The summed E-state index contributed by atoms with van der Waals surface area (Å²) in [6.45, 7) is 6.81. The lowest BCUT2D eigenvalue weighted by Crippen LogP contribution is -2.21. The molecule has 1 aliphatic rings. The van der Waals surface area contributed by atoms with E-state index >= 15 is 0 Å². The molecule has 0 radical (unpaired) electrons. The van der Waals surface area contributed by atoms with Crippen LogP contribution in [-0.4, -0.2) is 17.8 Å². The van der Waals surface area contributed by atoms with Crippen LogP contribution in [-0.2, 0) is 4.74 Å². The molecule has 0 saturated heterocycles. The van der Waals surface area contributed by atoms with Crippen LogP contribution in [0.1, 0.15) is 6.42 Å². The molecule has 0 fully saturated rings. The van der Waals surface area contributed by atoms with Crippen LogP contribution in [0.3, 0.4) is 0 Å². The lowest BCUT2D eigenvalue weighted by molar-refractivity contribution is 0.0579. The average molecular weight is 170 g/mol. The second kappa shape index (κ2) is 3.54. The van der Waals surface area contributed by atoms with Crippen LogP contribution in [0.2, 0.25) is 0 Å². The summed E-state index contributed by atoms with van der Waals surface area (Å²) in [6, 6.07) is 0. The van der Waals surface area contributed by atoms with Gasteiger partial charge in [0.25, 0.3) is 0 Å². The summed E-state index contributed by atoms with van der Waals surface area (Å²) >= 11 is 0. The summed E-state index contributed by atoms with van der Waals surface area (Å²) in [6.07, 6.45) is 1.03. The van der Waals surface area contributed by atoms with E-state index in [0.717, 1.165) is 0 Å². The van der Waals surface area contributed by atoms with Gasteiger partial charge < -0.3 is 9.84 Å². The highest BCUT2D eigenvalue weighted by Gasteiger charge is 2.20. The molecule has 0 aromatic heterocycles. The molecular weight excluding hydrogens is 159 g/mol. The Kier molecular flexibility index (Phi) is 2.65. The minimum Gasteiger partial charge on any atom is -0.491 e. The van der Waals surface area contributed by atoms with Gasteiger partial charge in [-0.1, -0.05) is 13.2 Å². The number of aliphatic hydroxyl groups is 1. The Bertz CT molecular complexity index is 243. The number of ether oxygens (including phenoxy) is 1. The zero-order chi connectivity index (χ0) is 9.14. The van der Waals surface area contributed by atoms with Gasteiger partial charge in [-0.15, -0.1) is 0 Å². The summed E-state index contributed by atoms with van der Waals surface area (Å²) in [4.78, 5) is 0. The molecule has 1 aliphatic heterocycles. The van der Waals surface area contributed by atoms with Crippen molar-refractivity contribution in [2.24, 2.45) is 0 Å². The Morgan fingerprint density at radius 3 is 2.92 bits per heavy atom. The molecule has 1 unspecified atom stereocenters. The molecular formula is C9H11FO2. The van der Waals surface area contributed by atoms with Gasteiger partial charge in [-0.25, -0.2) is 4.39 Å². The van der Waals surface area contributed by atoms with Crippen molar-refractivity contribution < 1.29 is 14.2 Å². The number of rotatable bonds is 2. The second-order valence-electron chi connectivity index (χ2n) is 2.62. The third-order valence-corrected chi connectivity index (χ3v) is 1.68. The van der Waals surface area contributed by atoms with Crippen molar-refractivity contribution in [3.05, 3.63) is 36.4 Å². The maximum atomic E-state index is 12.7. The van der Waals surface area contributed by atoms with Crippen molar-refractivity contribution in [1.82, 2.24) is 0 Å². The molecule has 12 heavy (non-hydrogen) atoms. The number of aliphatic hydroxyl groups excluding tert-OH is 1. The SMILES string of the molecule is C=CC1=C(C(=C)F)CC(O)CO1. The third-order valence-electron chi connectivity index (χ3n) is 1.68. The van der Waals surface area contributed by atoms with Gasteiger partial charge in [0.05, 0.1) is 6.10 Å². The topological polar surface area (TPSA) is 29.5 Å². The third kappa shape index (κ3) is 1.74. The Labute approximate surface area is 70.7 Å². The molecule has 0 bridgehead atoms. The Balaban J connectivity index is 2.92. The smallest absolute Gasteiger partial charge is 0.125 e. The molecule has 1 N–H and O–H groups in total. The van der Waals surface area contributed by atoms with Crippen LogP contribution in [0.4, 0.5) is 4.39 Å². The second-order valence-corrected chi connectivity index (χ2v) is 2.62. The van der Waals surface area contributed by atoms with E-state index in [1.54, 1.807) is 0 Å². The minimum atomic E-state index is -0.642. The van der Waals surface area contributed by atoms with Crippen molar-refractivity contribution in [3.63, 3.8) is 0 Å². The largest absolute Gasteiger partial charge is 0.491 e. The maximum Gasteiger partial charge on any atom is 0.125 e. The quantitative estimate of drug-likeness (QED) is 0.683. The van der Waals surface area contributed by atoms with Gasteiger partial charge in [-0.3, -0.25) is 0 Å². The predicted molar refractivity (Wildman–Crippen MR) is 44.0 cm³/mol. The van der Waals surface area contributed by atoms with Gasteiger partial charge in [0.1, 0.15) is 18.2 Å². The van der Waals surface area contributed by atoms with E-state index in [-0.39, 0.29) is 13.0 Å². The minimum absolute atomic E-state index is 0.193. The first-order valence-corrected chi connectivity index (χ1v) is 3.66. The van der Waals surface area contributed by atoms with Crippen molar-refractivity contribution >= 4 is 0 Å². The van der Waals surface area contributed by atoms with E-state index in [0.29, 0.717) is 11.3 Å². The van der Waals surface area contributed by atoms with E-state index in [1.165, 1.54) is 6.08 Å². The van der Waals surface area contributed by atoms with Crippen molar-refractivity contribution in [3.8, 4) is 0 Å². The van der Waals surface area contributed by atoms with E-state index in [9.17, 15) is 4.39 Å². The van der Waals surface area contributed by atoms with Crippen molar-refractivity contribution in [2.45, 2.75) is 12.5 Å². The first kappa shape index (κ1) is 9.00. The summed E-state index contributed by atoms with van der Waals surface area (Å²) in [5.74, 6) is -0.184. The first-order chi connectivity index (χ1) is 5.65. The molecule has 2 nitrogen and oxygen atoms in total. The summed E-state index contributed by atoms with van der Waals surface area (Å²) < 4.78 is 17.7. The molecule has 66 valence electrons. The molecule has 1 atom stereocenters. The summed E-state index contributed by atoms with van der Waals surface area (Å²) in [5, 5.41) is 9.14. The zero-order valence-corrected chi connectivity index (χ0v) is 6.72. The van der Waals surface area contributed by atoms with Gasteiger partial charge >= 0.3 is 0 Å². The lowest BCUT2D eigenvalue weighted by Gasteiger charge is -2.22. The molecule has 1 rings (SSSR count). The van der Waals surface area contributed by atoms with Gasteiger partial charge in [0, 0.05) is 12.0 Å². The Morgan fingerprint density at radius 1 is 1.75 bits per heavy atom. The molecule has 3 heteroatoms. The highest BCUT2D eigenvalue weighted by atomic mass is 19.1. The Morgan fingerprint density at radius 2 is 2.42 bits per heavy atom. The van der Waals surface area contributed by atoms with Gasteiger partial charge in [-0.2, -0.15) is 0 Å². The highest BCUT2D eigenvalue weighted by molar-refractivity contribution is 5.33. The lowest BCUT2D eigenvalue weighted by atomic mass is 10.0. The van der Waals surface area contributed by atoms with Crippen LogP contribution < -0.4 is 0 Å². The van der Waals surface area contributed by atoms with Crippen LogP contribution in [0.5, 0.6) is 0 Å². The summed E-state index contributed by atoms with van der Waals surface area (Å²) in [5.41, 5.74) is 0.309. The van der Waals surface area contributed by atoms with Gasteiger partial charge in [-0.05, 0) is 6.08 Å². The van der Waals surface area contributed by atoms with Crippen molar-refractivity contribution in [2.75, 3.05) is 6.61 Å². The number of hydrogen-bond acceptors (Lipinski definition) is 2. The van der Waals surface area contributed by atoms with E-state index in [4.69, 9.17) is 9.84 Å². The first-order valence-electron chi connectivity index (χ1n) is 3.66. The highest BCUT2D eigenvalue weighted by Crippen LogP contribution is 2.26. The van der Waals surface area contributed by atoms with Gasteiger partial charge in [0.2, 0.25) is 0 Å². The van der Waals surface area contributed by atoms with Crippen molar-refractivity contribution in [1.29, 1.82) is 0 Å². The number of hydrogen-bond donors (Lipinski definition) is 1. The summed E-state index contributed by atoms with van der Waals surface area (Å²) in [7, 11) is 0. The molecule has 0 saturated carbocycles. The normalized spacial score (nSPS) is 23.3. The Hall–Kier alpha value is -1.09. The van der Waals surface area contributed by atoms with E-state index < -0.39 is 11.9 Å². The number of halogens is 1. The molecule has 0 aromatic carbocycles. The fraction of sp³-hybridized carbons (Fsp3) is 0.333. The standard InChI is InChI=1S/C9H11FO2/c1-3-9-8(6(2)10)4-7(11)5-12-9/h3,7,11H,1-2,4-5H2. The molecule has 1 heterocycles. The molecule has 0 aromatic rings. The molecule has 0 spiro atoms. The maximum absolute atomic E-state index is 12.7. The number of allylic oxidation sites excluding steroid dienone is 2. The fourth-order valence-electron chi connectivity index (χ4n) is 1.09. The molecule has 0 aliphatic carbocycles. The zero-order valence-electron chi connectivity index (χ0n) is 6.72. The van der Waals surface area contributed by atoms with E-state index in [1.807, 2.05) is 0 Å². The fourth-order valence-corrected chi connectivity index (χ4v) is 1.09.